The molecular weight excluding hydrogens is 376 g/mol. The van der Waals surface area contributed by atoms with E-state index < -0.39 is 33.5 Å². The van der Waals surface area contributed by atoms with Gasteiger partial charge in [-0.3, -0.25) is 4.79 Å². The Morgan fingerprint density at radius 2 is 1.92 bits per heavy atom. The van der Waals surface area contributed by atoms with Crippen LogP contribution in [0.5, 0.6) is 0 Å². The highest BCUT2D eigenvalue weighted by Gasteiger charge is 2.48. The summed E-state index contributed by atoms with van der Waals surface area (Å²) in [4.78, 5) is 28.6. The summed E-state index contributed by atoms with van der Waals surface area (Å²) in [6.07, 6.45) is 5.51. The van der Waals surface area contributed by atoms with Gasteiger partial charge in [-0.2, -0.15) is 0 Å². The predicted octanol–water partition coefficient (Wildman–Crippen LogP) is 0.826. The van der Waals surface area contributed by atoms with Crippen LogP contribution in [0.15, 0.2) is 35.2 Å². The Morgan fingerprint density at radius 3 is 2.58 bits per heavy atom. The molecule has 7 nitrogen and oxygen atoms in total. The summed E-state index contributed by atoms with van der Waals surface area (Å²) in [5.41, 5.74) is 0.571. The molecule has 2 aromatic rings. The number of nitrogens with zero attached hydrogens (tertiary/aromatic N) is 1. The van der Waals surface area contributed by atoms with E-state index in [2.05, 4.69) is 10.3 Å². The lowest BCUT2D eigenvalue weighted by atomic mass is 9.82. The van der Waals surface area contributed by atoms with E-state index in [1.807, 2.05) is 12.2 Å². The van der Waals surface area contributed by atoms with E-state index in [4.69, 9.17) is 0 Å². The van der Waals surface area contributed by atoms with Gasteiger partial charge in [0, 0.05) is 18.1 Å². The quantitative estimate of drug-likeness (QED) is 0.772. The van der Waals surface area contributed by atoms with Gasteiger partial charge in [-0.25, -0.2) is 13.4 Å². The second-order valence-corrected chi connectivity index (χ2v) is 9.78. The molecule has 9 heteroatoms. The Kier molecular flexibility index (Phi) is 3.89. The predicted molar refractivity (Wildman–Crippen MR) is 94.1 cm³/mol. The van der Waals surface area contributed by atoms with Gasteiger partial charge >= 0.3 is 0 Å². The van der Waals surface area contributed by atoms with Gasteiger partial charge < -0.3 is 15.2 Å². The molecule has 0 aliphatic heterocycles. The first kappa shape index (κ1) is 17.2. The average molecular weight is 391 g/mol. The molecule has 1 aromatic heterocycles. The summed E-state index contributed by atoms with van der Waals surface area (Å²) >= 11 is 1.16. The van der Waals surface area contributed by atoms with Gasteiger partial charge in [0.1, 0.15) is 0 Å². The van der Waals surface area contributed by atoms with Gasteiger partial charge in [-0.15, -0.1) is 0 Å². The Bertz CT molecular complexity index is 1060. The summed E-state index contributed by atoms with van der Waals surface area (Å²) in [6.45, 7) is 0. The van der Waals surface area contributed by atoms with Crippen molar-refractivity contribution < 1.29 is 23.1 Å². The second-order valence-electron chi connectivity index (χ2n) is 6.73. The number of sulfone groups is 1. The molecule has 26 heavy (non-hydrogen) atoms. The van der Waals surface area contributed by atoms with Gasteiger partial charge in [0.25, 0.3) is 0 Å². The molecule has 0 saturated heterocycles. The number of hydrogen-bond donors (Lipinski definition) is 1. The standard InChI is InChI=1S/C17H16N2O5S2/c1-26(23,24)10-4-5-11-12(7-10)25-17(18-11)19-15(20)13-8-2-3-9(6-8)14(13)16(21)22/h2-5,7-9,13-14H,6H2,1H3,(H,21,22)(H,18,19,20)/p-1/t8-,9+,13+,14+/m1/s1. The van der Waals surface area contributed by atoms with Crippen molar-refractivity contribution in [2.45, 2.75) is 11.3 Å². The molecule has 4 rings (SSSR count). The van der Waals surface area contributed by atoms with E-state index in [1.54, 1.807) is 6.07 Å². The molecule has 2 aliphatic carbocycles. The molecule has 1 N–H and O–H groups in total. The molecule has 2 aliphatic rings. The second kappa shape index (κ2) is 5.88. The molecule has 1 heterocycles. The number of aromatic nitrogens is 1. The molecule has 0 spiro atoms. The van der Waals surface area contributed by atoms with Crippen LogP contribution in [-0.2, 0) is 19.4 Å². The number of carboxylic acids is 1. The van der Waals surface area contributed by atoms with Crippen molar-refractivity contribution in [2.75, 3.05) is 11.6 Å². The number of amides is 1. The van der Waals surface area contributed by atoms with Crippen molar-refractivity contribution in [2.24, 2.45) is 23.7 Å². The Hall–Kier alpha value is -2.26. The minimum atomic E-state index is -3.33. The number of benzene rings is 1. The topological polar surface area (TPSA) is 116 Å². The van der Waals surface area contributed by atoms with Crippen LogP contribution >= 0.6 is 11.3 Å². The maximum absolute atomic E-state index is 12.7. The monoisotopic (exact) mass is 391 g/mol. The maximum atomic E-state index is 12.7. The SMILES string of the molecule is CS(=O)(=O)c1ccc2nc(NC(=O)[C@@H]3[C@@H](C(=O)[O-])[C@H]4C=C[C@@H]3C4)sc2c1. The van der Waals surface area contributed by atoms with Crippen LogP contribution in [0.3, 0.4) is 0 Å². The fourth-order valence-corrected chi connectivity index (χ4v) is 5.51. The first-order valence-corrected chi connectivity index (χ1v) is 10.8. The molecule has 2 bridgehead atoms. The van der Waals surface area contributed by atoms with Gasteiger partial charge in [-0.05, 0) is 36.5 Å². The molecular formula is C17H15N2O5S2-. The highest BCUT2D eigenvalue weighted by molar-refractivity contribution is 7.90. The third kappa shape index (κ3) is 2.80. The minimum Gasteiger partial charge on any atom is -0.550 e. The summed E-state index contributed by atoms with van der Waals surface area (Å²) in [6, 6.07) is 4.57. The number of fused-ring (bicyclic) bond motifs is 3. The average Bonchev–Trinajstić information content (AvgIpc) is 3.25. The number of hydrogen-bond acceptors (Lipinski definition) is 7. The number of nitrogens with one attached hydrogen (secondary N) is 1. The molecule has 0 radical (unpaired) electrons. The summed E-state index contributed by atoms with van der Waals surface area (Å²) in [5, 5.41) is 14.5. The number of carbonyl (C=O) groups is 2. The largest absolute Gasteiger partial charge is 0.550 e. The van der Waals surface area contributed by atoms with Crippen LogP contribution in [0.4, 0.5) is 5.13 Å². The van der Waals surface area contributed by atoms with Crippen molar-refractivity contribution in [1.29, 1.82) is 0 Å². The number of anilines is 1. The number of carbonyl (C=O) groups excluding carboxylic acids is 2. The zero-order valence-electron chi connectivity index (χ0n) is 13.7. The van der Waals surface area contributed by atoms with Crippen molar-refractivity contribution in [3.63, 3.8) is 0 Å². The summed E-state index contributed by atoms with van der Waals surface area (Å²) in [7, 11) is -3.33. The van der Waals surface area contributed by atoms with Crippen molar-refractivity contribution in [1.82, 2.24) is 4.98 Å². The van der Waals surface area contributed by atoms with Crippen LogP contribution < -0.4 is 10.4 Å². The highest BCUT2D eigenvalue weighted by Crippen LogP contribution is 2.48. The Balaban J connectivity index is 1.60. The number of carboxylic acid groups (broad SMARTS) is 1. The summed E-state index contributed by atoms with van der Waals surface area (Å²) in [5.74, 6) is -3.35. The Morgan fingerprint density at radius 1 is 1.23 bits per heavy atom. The molecule has 1 saturated carbocycles. The number of rotatable bonds is 4. The first-order valence-electron chi connectivity index (χ1n) is 8.05. The molecule has 0 unspecified atom stereocenters. The zero-order chi connectivity index (χ0) is 18.6. The number of allylic oxidation sites excluding steroid dienone is 2. The Labute approximate surface area is 153 Å². The lowest BCUT2D eigenvalue weighted by Gasteiger charge is -2.27. The molecule has 136 valence electrons. The van der Waals surface area contributed by atoms with Crippen molar-refractivity contribution in [3.05, 3.63) is 30.4 Å². The van der Waals surface area contributed by atoms with E-state index in [0.29, 0.717) is 21.8 Å². The van der Waals surface area contributed by atoms with Crippen LogP contribution in [-0.4, -0.2) is 31.5 Å². The molecule has 4 atom stereocenters. The summed E-state index contributed by atoms with van der Waals surface area (Å²) < 4.78 is 23.9. The van der Waals surface area contributed by atoms with Crippen LogP contribution in [0.25, 0.3) is 10.2 Å². The number of aliphatic carboxylic acids is 1. The molecule has 1 amide bonds. The fourth-order valence-electron chi connectivity index (χ4n) is 3.88. The normalized spacial score (nSPS) is 27.1. The molecule has 1 fully saturated rings. The smallest absolute Gasteiger partial charge is 0.230 e. The maximum Gasteiger partial charge on any atom is 0.230 e. The van der Waals surface area contributed by atoms with Crippen LogP contribution in [0.2, 0.25) is 0 Å². The fraction of sp³-hybridized carbons (Fsp3) is 0.353. The molecule has 1 aromatic carbocycles. The van der Waals surface area contributed by atoms with Crippen LogP contribution in [0, 0.1) is 23.7 Å². The minimum absolute atomic E-state index is 0.103. The lowest BCUT2D eigenvalue weighted by molar-refractivity contribution is -0.313. The van der Waals surface area contributed by atoms with Gasteiger partial charge in [0.15, 0.2) is 15.0 Å². The van der Waals surface area contributed by atoms with E-state index in [-0.39, 0.29) is 16.7 Å². The van der Waals surface area contributed by atoms with Crippen molar-refractivity contribution >= 4 is 48.4 Å². The highest BCUT2D eigenvalue weighted by atomic mass is 32.2. The zero-order valence-corrected chi connectivity index (χ0v) is 15.3. The third-order valence-electron chi connectivity index (χ3n) is 5.05. The first-order chi connectivity index (χ1) is 12.2. The van der Waals surface area contributed by atoms with Crippen LogP contribution in [0.1, 0.15) is 6.42 Å². The van der Waals surface area contributed by atoms with E-state index in [0.717, 1.165) is 17.6 Å². The third-order valence-corrected chi connectivity index (χ3v) is 7.10. The van der Waals surface area contributed by atoms with Gasteiger partial charge in [-0.1, -0.05) is 23.5 Å². The van der Waals surface area contributed by atoms with Gasteiger partial charge in [0.05, 0.1) is 21.0 Å². The van der Waals surface area contributed by atoms with Gasteiger partial charge in [0.2, 0.25) is 5.91 Å². The van der Waals surface area contributed by atoms with E-state index >= 15 is 0 Å². The van der Waals surface area contributed by atoms with E-state index in [1.165, 1.54) is 12.1 Å². The van der Waals surface area contributed by atoms with E-state index in [9.17, 15) is 23.1 Å². The lowest BCUT2D eigenvalue weighted by Crippen LogP contribution is -2.42. The van der Waals surface area contributed by atoms with Crippen molar-refractivity contribution in [3.8, 4) is 0 Å². The number of thiazole rings is 1.